The number of benzene rings is 2. The molecule has 3 heterocycles. The fourth-order valence-corrected chi connectivity index (χ4v) is 13.4. The second kappa shape index (κ2) is 19.3. The van der Waals surface area contributed by atoms with E-state index >= 15 is 0 Å². The summed E-state index contributed by atoms with van der Waals surface area (Å²) in [7, 11) is -2.53. The molecule has 0 spiro atoms. The van der Waals surface area contributed by atoms with Gasteiger partial charge in [0.1, 0.15) is 0 Å². The Hall–Kier alpha value is -1.54. The van der Waals surface area contributed by atoms with Gasteiger partial charge in [-0.25, -0.2) is 0 Å². The zero-order valence-corrected chi connectivity index (χ0v) is 32.3. The average molecular weight is 693 g/mol. The van der Waals surface area contributed by atoms with Crippen molar-refractivity contribution < 1.29 is 23.7 Å². The minimum atomic E-state index is -2.53. The lowest BCUT2D eigenvalue weighted by Crippen LogP contribution is -2.66. The highest BCUT2D eigenvalue weighted by molar-refractivity contribution is 6.99. The molecule has 0 saturated carbocycles. The Balaban J connectivity index is 1.02. The standard InChI is InChI=1S/C43H68O5Si/c1-5-6-7-8-9-10-11-12-13-20-25-37(44)38-28-29-41(47-38)42-31-30-40(48-42)39-27-26-34(46-39)32-33-45-49(43(2,3)4,35-21-16-14-17-22-35)36-23-18-15-19-24-36/h14-19,21-24,34,37-42,44H,5-13,20,25-33H2,1-4H3/t34-,37-,38-,39-,40-,41+,42+/m1/s1. The number of hydrogen-bond acceptors (Lipinski definition) is 5. The van der Waals surface area contributed by atoms with E-state index in [-0.39, 0.29) is 47.8 Å². The van der Waals surface area contributed by atoms with Gasteiger partial charge in [-0.2, -0.15) is 0 Å². The predicted octanol–water partition coefficient (Wildman–Crippen LogP) is 9.27. The number of aliphatic hydroxyl groups is 1. The SMILES string of the molecule is CCCCCCCCCCCC[C@@H](O)[C@H]1CC[C@@H]([C@@H]2CC[C@H]([C@H]3CC[C@H](CCO[Si](c4ccccc4)(c4ccccc4)C(C)(C)C)O3)O2)O1. The van der Waals surface area contributed by atoms with Crippen LogP contribution in [0.5, 0.6) is 0 Å². The summed E-state index contributed by atoms with van der Waals surface area (Å²) in [5.74, 6) is 0. The molecule has 7 atom stereocenters. The highest BCUT2D eigenvalue weighted by Gasteiger charge is 2.50. The molecular formula is C43H68O5Si. The maximum absolute atomic E-state index is 10.9. The van der Waals surface area contributed by atoms with Gasteiger partial charge < -0.3 is 23.7 Å². The summed E-state index contributed by atoms with van der Waals surface area (Å²) in [4.78, 5) is 0. The Labute approximate surface area is 300 Å². The lowest BCUT2D eigenvalue weighted by molar-refractivity contribution is -0.117. The Morgan fingerprint density at radius 1 is 0.653 bits per heavy atom. The van der Waals surface area contributed by atoms with Crippen LogP contribution in [0.1, 0.15) is 143 Å². The second-order valence-corrected chi connectivity index (χ2v) is 20.6. The molecule has 0 bridgehead atoms. The van der Waals surface area contributed by atoms with Crippen LogP contribution in [0.15, 0.2) is 60.7 Å². The van der Waals surface area contributed by atoms with Crippen molar-refractivity contribution >= 4 is 18.7 Å². The van der Waals surface area contributed by atoms with E-state index in [0.717, 1.165) is 57.8 Å². The van der Waals surface area contributed by atoms with Crippen LogP contribution in [-0.2, 0) is 18.6 Å². The van der Waals surface area contributed by atoms with E-state index in [1.54, 1.807) is 0 Å². The Bertz CT molecular complexity index is 1150. The van der Waals surface area contributed by atoms with Crippen LogP contribution < -0.4 is 10.4 Å². The summed E-state index contributed by atoms with van der Waals surface area (Å²) >= 11 is 0. The topological polar surface area (TPSA) is 57.2 Å². The number of aliphatic hydroxyl groups excluding tert-OH is 1. The molecule has 2 aromatic rings. The third-order valence-corrected chi connectivity index (χ3v) is 16.6. The molecule has 5 nitrogen and oxygen atoms in total. The Morgan fingerprint density at radius 3 is 1.71 bits per heavy atom. The van der Waals surface area contributed by atoms with Crippen molar-refractivity contribution in [2.75, 3.05) is 6.61 Å². The molecule has 3 fully saturated rings. The van der Waals surface area contributed by atoms with E-state index < -0.39 is 8.32 Å². The van der Waals surface area contributed by atoms with Crippen LogP contribution in [0.3, 0.4) is 0 Å². The van der Waals surface area contributed by atoms with Gasteiger partial charge in [0.2, 0.25) is 0 Å². The van der Waals surface area contributed by atoms with Crippen LogP contribution in [0.2, 0.25) is 5.04 Å². The molecule has 6 heteroatoms. The monoisotopic (exact) mass is 692 g/mol. The lowest BCUT2D eigenvalue weighted by Gasteiger charge is -2.43. The number of unbranched alkanes of at least 4 members (excludes halogenated alkanes) is 9. The molecule has 0 aliphatic carbocycles. The first-order chi connectivity index (χ1) is 23.8. The maximum atomic E-state index is 10.9. The summed E-state index contributed by atoms with van der Waals surface area (Å²) in [5, 5.41) is 13.5. The van der Waals surface area contributed by atoms with Gasteiger partial charge in [-0.15, -0.1) is 0 Å². The van der Waals surface area contributed by atoms with Crippen molar-refractivity contribution in [1.82, 2.24) is 0 Å². The van der Waals surface area contributed by atoms with Crippen LogP contribution in [0, 0.1) is 0 Å². The minimum Gasteiger partial charge on any atom is -0.407 e. The quantitative estimate of drug-likeness (QED) is 0.111. The molecule has 0 radical (unpaired) electrons. The molecule has 5 rings (SSSR count). The Morgan fingerprint density at radius 2 is 1.14 bits per heavy atom. The van der Waals surface area contributed by atoms with E-state index in [9.17, 15) is 5.11 Å². The summed E-state index contributed by atoms with van der Waals surface area (Å²) < 4.78 is 26.9. The van der Waals surface area contributed by atoms with E-state index in [4.69, 9.17) is 18.6 Å². The van der Waals surface area contributed by atoms with Crippen molar-refractivity contribution in [1.29, 1.82) is 0 Å². The van der Waals surface area contributed by atoms with Crippen LogP contribution in [0.25, 0.3) is 0 Å². The zero-order valence-electron chi connectivity index (χ0n) is 31.3. The molecule has 274 valence electrons. The predicted molar refractivity (Wildman–Crippen MR) is 204 cm³/mol. The fourth-order valence-electron chi connectivity index (χ4n) is 8.83. The third kappa shape index (κ3) is 10.5. The van der Waals surface area contributed by atoms with Crippen molar-refractivity contribution in [2.24, 2.45) is 0 Å². The molecule has 2 aromatic carbocycles. The first-order valence-corrected chi connectivity index (χ1v) is 22.1. The van der Waals surface area contributed by atoms with Crippen molar-refractivity contribution in [3.8, 4) is 0 Å². The fraction of sp³-hybridized carbons (Fsp3) is 0.721. The van der Waals surface area contributed by atoms with Gasteiger partial charge in [-0.1, -0.05) is 153 Å². The molecule has 3 aliphatic heterocycles. The molecule has 0 aromatic heterocycles. The molecule has 1 N–H and O–H groups in total. The normalized spacial score (nSPS) is 26.8. The van der Waals surface area contributed by atoms with E-state index in [2.05, 4.69) is 88.4 Å². The van der Waals surface area contributed by atoms with Crippen LogP contribution in [-0.4, -0.2) is 62.8 Å². The summed E-state index contributed by atoms with van der Waals surface area (Å²) in [6.45, 7) is 9.98. The molecular weight excluding hydrogens is 625 g/mol. The second-order valence-electron chi connectivity index (χ2n) is 16.3. The van der Waals surface area contributed by atoms with Gasteiger partial charge in [0.15, 0.2) is 0 Å². The van der Waals surface area contributed by atoms with Gasteiger partial charge in [0.25, 0.3) is 8.32 Å². The smallest absolute Gasteiger partial charge is 0.261 e. The maximum Gasteiger partial charge on any atom is 0.261 e. The summed E-state index contributed by atoms with van der Waals surface area (Å²) in [6, 6.07) is 21.8. The third-order valence-electron chi connectivity index (χ3n) is 11.6. The highest BCUT2D eigenvalue weighted by Crippen LogP contribution is 2.39. The van der Waals surface area contributed by atoms with Gasteiger partial charge in [0.05, 0.1) is 42.7 Å². The molecule has 0 amide bonds. The van der Waals surface area contributed by atoms with Crippen LogP contribution in [0.4, 0.5) is 0 Å². The van der Waals surface area contributed by atoms with E-state index in [1.165, 1.54) is 68.2 Å². The Kier molecular flexibility index (Phi) is 15.3. The summed E-state index contributed by atoms with van der Waals surface area (Å²) in [6.07, 6.45) is 21.4. The first kappa shape index (κ1) is 38.7. The van der Waals surface area contributed by atoms with Gasteiger partial charge in [-0.3, -0.25) is 0 Å². The van der Waals surface area contributed by atoms with Crippen molar-refractivity contribution in [2.45, 2.75) is 191 Å². The number of rotatable bonds is 20. The largest absolute Gasteiger partial charge is 0.407 e. The molecule has 0 unspecified atom stereocenters. The van der Waals surface area contributed by atoms with Crippen molar-refractivity contribution in [3.05, 3.63) is 60.7 Å². The van der Waals surface area contributed by atoms with E-state index in [1.807, 2.05) is 0 Å². The van der Waals surface area contributed by atoms with Gasteiger partial charge in [-0.05, 0) is 66.8 Å². The van der Waals surface area contributed by atoms with E-state index in [0.29, 0.717) is 6.61 Å². The van der Waals surface area contributed by atoms with Crippen LogP contribution >= 0.6 is 0 Å². The first-order valence-electron chi connectivity index (χ1n) is 20.2. The molecule has 3 aliphatic rings. The zero-order chi connectivity index (χ0) is 34.5. The summed E-state index contributed by atoms with van der Waals surface area (Å²) in [5.41, 5.74) is 0. The number of hydrogen-bond donors (Lipinski definition) is 1. The van der Waals surface area contributed by atoms with Gasteiger partial charge >= 0.3 is 0 Å². The molecule has 3 saturated heterocycles. The van der Waals surface area contributed by atoms with Gasteiger partial charge in [0, 0.05) is 6.61 Å². The molecule has 49 heavy (non-hydrogen) atoms. The average Bonchev–Trinajstić information content (AvgIpc) is 3.89. The number of ether oxygens (including phenoxy) is 3. The highest BCUT2D eigenvalue weighted by atomic mass is 28.4. The van der Waals surface area contributed by atoms with Crippen molar-refractivity contribution in [3.63, 3.8) is 0 Å². The minimum absolute atomic E-state index is 0.0220. The lowest BCUT2D eigenvalue weighted by atomic mass is 10.0.